The number of aliphatic imine (C=N–C) groups is 1. The predicted octanol–water partition coefficient (Wildman–Crippen LogP) is 4.75. The predicted molar refractivity (Wildman–Crippen MR) is 129 cm³/mol. The zero-order valence-electron chi connectivity index (χ0n) is 18.8. The summed E-state index contributed by atoms with van der Waals surface area (Å²) in [6, 6.07) is 16.6. The van der Waals surface area contributed by atoms with Crippen LogP contribution in [0.15, 0.2) is 76.6 Å². The van der Waals surface area contributed by atoms with Crippen molar-refractivity contribution in [2.75, 3.05) is 18.0 Å². The number of halogens is 2. The van der Waals surface area contributed by atoms with Crippen LogP contribution < -0.4 is 4.90 Å². The number of benzene rings is 3. The average Bonchev–Trinajstić information content (AvgIpc) is 3.23. The van der Waals surface area contributed by atoms with Crippen molar-refractivity contribution < 1.29 is 22.0 Å². The van der Waals surface area contributed by atoms with E-state index in [-0.39, 0.29) is 10.5 Å². The van der Waals surface area contributed by atoms with Gasteiger partial charge in [-0.3, -0.25) is 4.79 Å². The van der Waals surface area contributed by atoms with E-state index in [1.807, 2.05) is 24.3 Å². The number of nitrogens with zero attached hydrogens (tertiary/aromatic N) is 3. The number of sulfonamides is 1. The number of hydrogen-bond donors (Lipinski definition) is 0. The van der Waals surface area contributed by atoms with Crippen molar-refractivity contribution in [3.8, 4) is 0 Å². The van der Waals surface area contributed by atoms with E-state index < -0.39 is 27.6 Å². The van der Waals surface area contributed by atoms with Crippen molar-refractivity contribution in [3.63, 3.8) is 0 Å². The third-order valence-electron chi connectivity index (χ3n) is 6.31. The second-order valence-corrected chi connectivity index (χ2v) is 10.5. The summed E-state index contributed by atoms with van der Waals surface area (Å²) < 4.78 is 55.0. The number of carbonyl (C=O) groups is 1. The summed E-state index contributed by atoms with van der Waals surface area (Å²) in [4.78, 5) is 19.0. The number of piperidine rings is 1. The number of carbonyl (C=O) groups excluding carboxylic acids is 1. The fourth-order valence-corrected chi connectivity index (χ4v) is 5.99. The molecule has 5 rings (SSSR count). The van der Waals surface area contributed by atoms with Gasteiger partial charge in [0.15, 0.2) is 0 Å². The lowest BCUT2D eigenvalue weighted by molar-refractivity contribution is 0.0999. The van der Waals surface area contributed by atoms with Gasteiger partial charge in [-0.05, 0) is 54.8 Å². The fraction of sp³-hybridized carbons (Fsp3) is 0.231. The van der Waals surface area contributed by atoms with E-state index >= 15 is 0 Å². The van der Waals surface area contributed by atoms with Gasteiger partial charge in [0.05, 0.1) is 17.0 Å². The first-order chi connectivity index (χ1) is 16.8. The number of amides is 1. The molecule has 0 unspecified atom stereocenters. The maximum atomic E-state index is 14.2. The van der Waals surface area contributed by atoms with Gasteiger partial charge in [-0.2, -0.15) is 9.30 Å². The molecule has 0 aliphatic carbocycles. The Labute approximate surface area is 202 Å². The second kappa shape index (κ2) is 9.31. The first-order valence-corrected chi connectivity index (χ1v) is 12.8. The minimum absolute atomic E-state index is 0.211. The molecule has 0 bridgehead atoms. The monoisotopic (exact) mass is 495 g/mol. The van der Waals surface area contributed by atoms with Crippen LogP contribution in [-0.2, 0) is 16.6 Å². The largest absolute Gasteiger partial charge is 0.321 e. The Hall–Kier alpha value is -3.43. The first kappa shape index (κ1) is 23.3. The van der Waals surface area contributed by atoms with E-state index in [0.717, 1.165) is 37.0 Å². The first-order valence-electron chi connectivity index (χ1n) is 11.4. The average molecular weight is 496 g/mol. The Morgan fingerprint density at radius 1 is 0.886 bits per heavy atom. The van der Waals surface area contributed by atoms with Gasteiger partial charge >= 0.3 is 0 Å². The molecule has 1 fully saturated rings. The van der Waals surface area contributed by atoms with Crippen LogP contribution in [0.5, 0.6) is 0 Å². The van der Waals surface area contributed by atoms with E-state index in [2.05, 4.69) is 4.99 Å². The lowest BCUT2D eigenvalue weighted by atomic mass is 10.1. The van der Waals surface area contributed by atoms with Crippen molar-refractivity contribution in [2.24, 2.45) is 4.99 Å². The molecule has 0 aromatic heterocycles. The Kier molecular flexibility index (Phi) is 6.21. The summed E-state index contributed by atoms with van der Waals surface area (Å²) in [5, 5.41) is 0. The topological polar surface area (TPSA) is 70.0 Å². The quantitative estimate of drug-likeness (QED) is 0.524. The van der Waals surface area contributed by atoms with Gasteiger partial charge in [0.25, 0.3) is 5.91 Å². The molecule has 35 heavy (non-hydrogen) atoms. The van der Waals surface area contributed by atoms with Crippen molar-refractivity contribution in [1.29, 1.82) is 0 Å². The fourth-order valence-electron chi connectivity index (χ4n) is 4.47. The summed E-state index contributed by atoms with van der Waals surface area (Å²) >= 11 is 0. The van der Waals surface area contributed by atoms with E-state index in [0.29, 0.717) is 42.8 Å². The van der Waals surface area contributed by atoms with Crippen LogP contribution in [0.4, 0.5) is 14.5 Å². The third-order valence-corrected chi connectivity index (χ3v) is 8.23. The Bertz CT molecular complexity index is 1420. The van der Waals surface area contributed by atoms with Gasteiger partial charge in [-0.15, -0.1) is 0 Å². The van der Waals surface area contributed by atoms with Crippen LogP contribution in [-0.4, -0.2) is 37.6 Å². The van der Waals surface area contributed by atoms with Crippen LogP contribution in [0.1, 0.15) is 40.7 Å². The highest BCUT2D eigenvalue weighted by molar-refractivity contribution is 7.89. The van der Waals surface area contributed by atoms with Crippen LogP contribution in [0.25, 0.3) is 0 Å². The highest BCUT2D eigenvalue weighted by Gasteiger charge is 2.29. The maximum Gasteiger partial charge on any atom is 0.281 e. The number of amidine groups is 1. The standard InChI is InChI=1S/C26H23F2N3O3S/c27-19-8-13-23(24(28)16-19)26(32)29-25-22-7-3-2-6-18(22)17-31(25)20-9-11-21(12-10-20)35(33,34)30-14-4-1-5-15-30/h2-3,6-13,16H,1,4-5,14-15,17H2. The van der Waals surface area contributed by atoms with Gasteiger partial charge in [0.2, 0.25) is 10.0 Å². The Morgan fingerprint density at radius 3 is 2.31 bits per heavy atom. The van der Waals surface area contributed by atoms with Gasteiger partial charge in [0, 0.05) is 30.4 Å². The second-order valence-electron chi connectivity index (χ2n) is 8.57. The molecule has 180 valence electrons. The molecule has 0 N–H and O–H groups in total. The third kappa shape index (κ3) is 4.49. The minimum atomic E-state index is -3.57. The highest BCUT2D eigenvalue weighted by Crippen LogP contribution is 2.31. The zero-order chi connectivity index (χ0) is 24.6. The Balaban J connectivity index is 1.49. The van der Waals surface area contributed by atoms with Gasteiger partial charge in [-0.25, -0.2) is 17.2 Å². The van der Waals surface area contributed by atoms with Gasteiger partial charge < -0.3 is 4.90 Å². The molecule has 2 aliphatic rings. The molecule has 2 heterocycles. The van der Waals surface area contributed by atoms with Crippen LogP contribution in [0.3, 0.4) is 0 Å². The molecule has 1 saturated heterocycles. The number of anilines is 1. The molecule has 0 atom stereocenters. The van der Waals surface area contributed by atoms with Gasteiger partial charge in [0.1, 0.15) is 17.5 Å². The van der Waals surface area contributed by atoms with E-state index in [1.165, 1.54) is 4.31 Å². The van der Waals surface area contributed by atoms with Crippen LogP contribution in [0, 0.1) is 11.6 Å². The summed E-state index contributed by atoms with van der Waals surface area (Å²) in [5.41, 5.74) is 1.95. The van der Waals surface area contributed by atoms with Crippen molar-refractivity contribution >= 4 is 27.5 Å². The molecule has 0 radical (unpaired) electrons. The molecule has 3 aromatic rings. The van der Waals surface area contributed by atoms with Crippen molar-refractivity contribution in [1.82, 2.24) is 4.31 Å². The molecule has 9 heteroatoms. The van der Waals surface area contributed by atoms with Crippen molar-refractivity contribution in [3.05, 3.63) is 95.1 Å². The van der Waals surface area contributed by atoms with Crippen molar-refractivity contribution in [2.45, 2.75) is 30.7 Å². The van der Waals surface area contributed by atoms with E-state index in [4.69, 9.17) is 0 Å². The maximum absolute atomic E-state index is 14.2. The summed E-state index contributed by atoms with van der Waals surface area (Å²) in [6.45, 7) is 1.45. The minimum Gasteiger partial charge on any atom is -0.321 e. The molecule has 6 nitrogen and oxygen atoms in total. The normalized spacial score (nSPS) is 17.5. The smallest absolute Gasteiger partial charge is 0.281 e. The molecular formula is C26H23F2N3O3S. The van der Waals surface area contributed by atoms with Crippen LogP contribution in [0.2, 0.25) is 0 Å². The molecule has 1 amide bonds. The summed E-state index contributed by atoms with van der Waals surface area (Å²) in [5.74, 6) is -2.27. The molecular weight excluding hydrogens is 472 g/mol. The molecule has 2 aliphatic heterocycles. The van der Waals surface area contributed by atoms with Crippen LogP contribution >= 0.6 is 0 Å². The Morgan fingerprint density at radius 2 is 1.60 bits per heavy atom. The number of hydrogen-bond acceptors (Lipinski definition) is 3. The number of fused-ring (bicyclic) bond motifs is 1. The highest BCUT2D eigenvalue weighted by atomic mass is 32.2. The summed E-state index contributed by atoms with van der Waals surface area (Å²) in [6.07, 6.45) is 2.74. The lowest BCUT2D eigenvalue weighted by Crippen LogP contribution is -2.35. The SMILES string of the molecule is O=C(N=C1c2ccccc2CN1c1ccc(S(=O)(=O)N2CCCCC2)cc1)c1ccc(F)cc1F. The molecule has 3 aromatic carbocycles. The molecule has 0 saturated carbocycles. The summed E-state index contributed by atoms with van der Waals surface area (Å²) in [7, 11) is -3.57. The van der Waals surface area contributed by atoms with E-state index in [1.54, 1.807) is 29.2 Å². The van der Waals surface area contributed by atoms with Gasteiger partial charge in [-0.1, -0.05) is 30.7 Å². The zero-order valence-corrected chi connectivity index (χ0v) is 19.6. The lowest BCUT2D eigenvalue weighted by Gasteiger charge is -2.26. The molecule has 0 spiro atoms. The van der Waals surface area contributed by atoms with E-state index in [9.17, 15) is 22.0 Å². The number of rotatable bonds is 4.